The van der Waals surface area contributed by atoms with E-state index in [1.807, 2.05) is 51.4 Å². The molecule has 2 rings (SSSR count). The predicted octanol–water partition coefficient (Wildman–Crippen LogP) is 0.814. The van der Waals surface area contributed by atoms with Crippen molar-refractivity contribution in [3.8, 4) is 0 Å². The zero-order chi connectivity index (χ0) is 16.1. The van der Waals surface area contributed by atoms with E-state index in [-0.39, 0.29) is 18.1 Å². The Bertz CT molecular complexity index is 468. The number of carbonyl (C=O) groups is 1. The Morgan fingerprint density at radius 1 is 1.18 bits per heavy atom. The maximum absolute atomic E-state index is 12.6. The Morgan fingerprint density at radius 3 is 2.27 bits per heavy atom. The first-order valence-electron chi connectivity index (χ1n) is 7.89. The monoisotopic (exact) mass is 305 g/mol. The average Bonchev–Trinajstić information content (AvgIpc) is 2.49. The normalized spacial score (nSPS) is 19.6. The minimum absolute atomic E-state index is 0.121. The Balaban J connectivity index is 2.09. The van der Waals surface area contributed by atoms with Crippen LogP contribution in [0.3, 0.4) is 0 Å². The minimum atomic E-state index is -0.306. The second kappa shape index (κ2) is 7.72. The smallest absolute Gasteiger partial charge is 0.244 e. The molecule has 2 atom stereocenters. The van der Waals surface area contributed by atoms with Crippen LogP contribution in [0.25, 0.3) is 0 Å². The van der Waals surface area contributed by atoms with Gasteiger partial charge in [-0.25, -0.2) is 0 Å². The van der Waals surface area contributed by atoms with Gasteiger partial charge in [0.25, 0.3) is 0 Å². The van der Waals surface area contributed by atoms with E-state index in [1.54, 1.807) is 4.90 Å². The van der Waals surface area contributed by atoms with Gasteiger partial charge in [0.15, 0.2) is 0 Å². The summed E-state index contributed by atoms with van der Waals surface area (Å²) >= 11 is 0. The zero-order valence-electron chi connectivity index (χ0n) is 13.8. The number of aliphatic hydroxyl groups excluding tert-OH is 1. The van der Waals surface area contributed by atoms with Crippen LogP contribution in [0.15, 0.2) is 30.3 Å². The summed E-state index contributed by atoms with van der Waals surface area (Å²) < 4.78 is 0. The lowest BCUT2D eigenvalue weighted by atomic mass is 10.0. The van der Waals surface area contributed by atoms with Gasteiger partial charge in [0.05, 0.1) is 6.10 Å². The molecule has 1 N–H and O–H groups in total. The molecule has 0 aromatic heterocycles. The molecule has 1 fully saturated rings. The molecule has 5 nitrogen and oxygen atoms in total. The van der Waals surface area contributed by atoms with Crippen molar-refractivity contribution < 1.29 is 9.90 Å². The van der Waals surface area contributed by atoms with E-state index >= 15 is 0 Å². The van der Waals surface area contributed by atoms with E-state index in [2.05, 4.69) is 9.80 Å². The van der Waals surface area contributed by atoms with Crippen molar-refractivity contribution in [2.45, 2.75) is 19.1 Å². The largest absolute Gasteiger partial charge is 0.392 e. The van der Waals surface area contributed by atoms with Crippen LogP contribution < -0.4 is 0 Å². The highest BCUT2D eigenvalue weighted by molar-refractivity contribution is 5.82. The molecule has 1 aromatic carbocycles. The predicted molar refractivity (Wildman–Crippen MR) is 87.6 cm³/mol. The molecule has 1 aromatic rings. The summed E-state index contributed by atoms with van der Waals surface area (Å²) in [5, 5.41) is 9.50. The van der Waals surface area contributed by atoms with Gasteiger partial charge in [-0.15, -0.1) is 0 Å². The highest BCUT2D eigenvalue weighted by atomic mass is 16.3. The topological polar surface area (TPSA) is 47.0 Å². The van der Waals surface area contributed by atoms with Gasteiger partial charge in [-0.1, -0.05) is 30.3 Å². The van der Waals surface area contributed by atoms with Crippen molar-refractivity contribution in [2.24, 2.45) is 0 Å². The quantitative estimate of drug-likeness (QED) is 0.875. The highest BCUT2D eigenvalue weighted by Crippen LogP contribution is 2.24. The van der Waals surface area contributed by atoms with Crippen LogP contribution in [-0.2, 0) is 4.79 Å². The van der Waals surface area contributed by atoms with Crippen LogP contribution in [-0.4, -0.2) is 78.6 Å². The lowest BCUT2D eigenvalue weighted by Gasteiger charge is -2.39. The summed E-state index contributed by atoms with van der Waals surface area (Å²) in [6.45, 7) is 5.96. The molecule has 0 radical (unpaired) electrons. The van der Waals surface area contributed by atoms with E-state index in [0.717, 1.165) is 31.7 Å². The first kappa shape index (κ1) is 16.9. The number of amides is 1. The van der Waals surface area contributed by atoms with Crippen LogP contribution in [0.5, 0.6) is 0 Å². The molecule has 1 aliphatic heterocycles. The minimum Gasteiger partial charge on any atom is -0.392 e. The fraction of sp³-hybridized carbons (Fsp3) is 0.588. The van der Waals surface area contributed by atoms with E-state index in [0.29, 0.717) is 6.54 Å². The fourth-order valence-electron chi connectivity index (χ4n) is 2.97. The zero-order valence-corrected chi connectivity index (χ0v) is 13.8. The molecular formula is C17H27N3O2. The van der Waals surface area contributed by atoms with E-state index in [1.165, 1.54) is 0 Å². The van der Waals surface area contributed by atoms with Crippen molar-refractivity contribution in [1.29, 1.82) is 0 Å². The number of nitrogens with zero attached hydrogens (tertiary/aromatic N) is 3. The second-order valence-electron chi connectivity index (χ2n) is 6.23. The molecule has 1 aliphatic rings. The molecule has 5 heteroatoms. The summed E-state index contributed by atoms with van der Waals surface area (Å²) in [4.78, 5) is 18.8. The Hall–Kier alpha value is -1.43. The molecule has 0 aliphatic carbocycles. The first-order valence-corrected chi connectivity index (χ1v) is 7.89. The third-order valence-corrected chi connectivity index (χ3v) is 4.08. The van der Waals surface area contributed by atoms with Crippen LogP contribution in [0.4, 0.5) is 0 Å². The molecule has 0 spiro atoms. The third kappa shape index (κ3) is 4.29. The van der Waals surface area contributed by atoms with Crippen molar-refractivity contribution in [3.05, 3.63) is 35.9 Å². The first-order chi connectivity index (χ1) is 10.5. The number of piperazine rings is 1. The van der Waals surface area contributed by atoms with E-state index < -0.39 is 0 Å². The van der Waals surface area contributed by atoms with Crippen LogP contribution in [0, 0.1) is 0 Å². The van der Waals surface area contributed by atoms with Gasteiger partial charge < -0.3 is 10.0 Å². The number of carbonyl (C=O) groups excluding carboxylic acids is 1. The SMILES string of the molecule is C[C@@H](O)CN1CCN([C@H](C(=O)N(C)C)c2ccccc2)CC1. The van der Waals surface area contributed by atoms with Gasteiger partial charge >= 0.3 is 0 Å². The lowest BCUT2D eigenvalue weighted by molar-refractivity contribution is -0.135. The van der Waals surface area contributed by atoms with Crippen molar-refractivity contribution in [3.63, 3.8) is 0 Å². The molecule has 1 saturated heterocycles. The van der Waals surface area contributed by atoms with Crippen LogP contribution in [0.2, 0.25) is 0 Å². The molecule has 0 unspecified atom stereocenters. The van der Waals surface area contributed by atoms with Crippen molar-refractivity contribution in [1.82, 2.24) is 14.7 Å². The van der Waals surface area contributed by atoms with Gasteiger partial charge in [-0.3, -0.25) is 14.6 Å². The molecule has 1 heterocycles. The Kier molecular flexibility index (Phi) is 5.94. The number of hydrogen-bond acceptors (Lipinski definition) is 4. The molecule has 1 amide bonds. The molecular weight excluding hydrogens is 278 g/mol. The van der Waals surface area contributed by atoms with Gasteiger partial charge in [0.1, 0.15) is 6.04 Å². The molecule has 0 saturated carbocycles. The molecule has 22 heavy (non-hydrogen) atoms. The van der Waals surface area contributed by atoms with Gasteiger partial charge in [-0.05, 0) is 12.5 Å². The van der Waals surface area contributed by atoms with Crippen LogP contribution >= 0.6 is 0 Å². The fourth-order valence-corrected chi connectivity index (χ4v) is 2.97. The highest BCUT2D eigenvalue weighted by Gasteiger charge is 2.31. The summed E-state index contributed by atoms with van der Waals surface area (Å²) in [5.41, 5.74) is 1.05. The molecule has 122 valence electrons. The number of rotatable bonds is 5. The number of benzene rings is 1. The maximum Gasteiger partial charge on any atom is 0.244 e. The summed E-state index contributed by atoms with van der Waals surface area (Å²) in [5.74, 6) is 0.121. The van der Waals surface area contributed by atoms with Gasteiger partial charge in [0.2, 0.25) is 5.91 Å². The standard InChI is InChI=1S/C17H27N3O2/c1-14(21)13-19-9-11-20(12-10-19)16(17(22)18(2)3)15-7-5-4-6-8-15/h4-8,14,16,21H,9-13H2,1-3H3/t14-,16+/m1/s1. The Labute approximate surface area is 133 Å². The summed E-state index contributed by atoms with van der Waals surface area (Å²) in [7, 11) is 3.62. The van der Waals surface area contributed by atoms with E-state index in [9.17, 15) is 9.90 Å². The number of likely N-dealkylation sites (N-methyl/N-ethyl adjacent to an activating group) is 1. The van der Waals surface area contributed by atoms with Crippen molar-refractivity contribution >= 4 is 5.91 Å². The molecule has 0 bridgehead atoms. The summed E-state index contributed by atoms with van der Waals surface area (Å²) in [6, 6.07) is 9.76. The van der Waals surface area contributed by atoms with E-state index in [4.69, 9.17) is 0 Å². The summed E-state index contributed by atoms with van der Waals surface area (Å²) in [6.07, 6.45) is -0.306. The number of aliphatic hydroxyl groups is 1. The Morgan fingerprint density at radius 2 is 1.77 bits per heavy atom. The average molecular weight is 305 g/mol. The second-order valence-corrected chi connectivity index (χ2v) is 6.23. The van der Waals surface area contributed by atoms with Gasteiger partial charge in [0, 0.05) is 46.8 Å². The van der Waals surface area contributed by atoms with Crippen LogP contribution in [0.1, 0.15) is 18.5 Å². The maximum atomic E-state index is 12.6. The van der Waals surface area contributed by atoms with Gasteiger partial charge in [-0.2, -0.15) is 0 Å². The third-order valence-electron chi connectivity index (χ3n) is 4.08. The number of β-amino-alcohol motifs (C(OH)–C–C–N with tert-alkyl or cyclic N) is 1. The van der Waals surface area contributed by atoms with Crippen molar-refractivity contribution in [2.75, 3.05) is 46.8 Å². The lowest BCUT2D eigenvalue weighted by Crippen LogP contribution is -2.51. The number of hydrogen-bond donors (Lipinski definition) is 1.